The number of nitrogens with one attached hydrogen (secondary N) is 1. The lowest BCUT2D eigenvalue weighted by Crippen LogP contribution is -2.27. The number of carbonyl (C=O) groups excluding carboxylic acids is 1. The lowest BCUT2D eigenvalue weighted by molar-refractivity contribution is 0.102. The Morgan fingerprint density at radius 2 is 1.81 bits per heavy atom. The van der Waals surface area contributed by atoms with Crippen LogP contribution in [0, 0.1) is 0 Å². The van der Waals surface area contributed by atoms with E-state index in [4.69, 9.17) is 0 Å². The van der Waals surface area contributed by atoms with Gasteiger partial charge in [-0.25, -0.2) is 8.42 Å². The highest BCUT2D eigenvalue weighted by Gasteiger charge is 2.26. The monoisotopic (exact) mass is 366 g/mol. The Labute approximate surface area is 152 Å². The fourth-order valence-corrected chi connectivity index (χ4v) is 4.34. The summed E-state index contributed by atoms with van der Waals surface area (Å²) in [5.74, 6) is -0.207. The van der Waals surface area contributed by atoms with Crippen LogP contribution in [-0.4, -0.2) is 27.1 Å². The number of carbonyl (C=O) groups is 1. The first-order valence-electron chi connectivity index (χ1n) is 8.33. The number of anilines is 2. The normalized spacial score (nSPS) is 13.7. The van der Waals surface area contributed by atoms with Gasteiger partial charge in [-0.05, 0) is 41.6 Å². The van der Waals surface area contributed by atoms with Crippen LogP contribution in [0.3, 0.4) is 0 Å². The maximum absolute atomic E-state index is 12.7. The molecular formula is C20H18N2O3S. The highest BCUT2D eigenvalue weighted by molar-refractivity contribution is 7.92. The summed E-state index contributed by atoms with van der Waals surface area (Å²) >= 11 is 0. The van der Waals surface area contributed by atoms with Crippen molar-refractivity contribution in [3.05, 3.63) is 71.8 Å². The Morgan fingerprint density at radius 3 is 2.62 bits per heavy atom. The lowest BCUT2D eigenvalue weighted by Gasteiger charge is -2.16. The first-order valence-corrected chi connectivity index (χ1v) is 10.2. The third-order valence-corrected chi connectivity index (χ3v) is 5.81. The van der Waals surface area contributed by atoms with E-state index in [2.05, 4.69) is 5.32 Å². The van der Waals surface area contributed by atoms with Gasteiger partial charge in [0.1, 0.15) is 0 Å². The molecule has 0 aliphatic carbocycles. The molecule has 0 radical (unpaired) electrons. The molecule has 4 rings (SSSR count). The summed E-state index contributed by atoms with van der Waals surface area (Å²) in [5, 5.41) is 5.00. The van der Waals surface area contributed by atoms with E-state index in [1.54, 1.807) is 18.2 Å². The number of sulfonamides is 1. The zero-order valence-electron chi connectivity index (χ0n) is 14.3. The molecule has 1 N–H and O–H groups in total. The second-order valence-electron chi connectivity index (χ2n) is 6.41. The summed E-state index contributed by atoms with van der Waals surface area (Å²) in [7, 11) is -3.29. The molecule has 26 heavy (non-hydrogen) atoms. The summed E-state index contributed by atoms with van der Waals surface area (Å²) in [5.41, 5.74) is 2.81. The molecule has 132 valence electrons. The van der Waals surface area contributed by atoms with E-state index in [9.17, 15) is 13.2 Å². The van der Waals surface area contributed by atoms with Gasteiger partial charge < -0.3 is 5.32 Å². The third kappa shape index (κ3) is 2.93. The number of nitrogens with zero attached hydrogens (tertiary/aromatic N) is 1. The van der Waals surface area contributed by atoms with Gasteiger partial charge in [0.2, 0.25) is 10.0 Å². The first kappa shape index (κ1) is 16.6. The molecular weight excluding hydrogens is 348 g/mol. The van der Waals surface area contributed by atoms with Crippen molar-refractivity contribution in [1.29, 1.82) is 0 Å². The van der Waals surface area contributed by atoms with E-state index in [1.165, 1.54) is 10.6 Å². The van der Waals surface area contributed by atoms with Crippen LogP contribution >= 0.6 is 0 Å². The molecule has 3 aromatic rings. The minimum absolute atomic E-state index is 0.207. The molecule has 1 aliphatic rings. The fourth-order valence-electron chi connectivity index (χ4n) is 3.39. The molecule has 0 atom stereocenters. The Morgan fingerprint density at radius 1 is 1.04 bits per heavy atom. The Kier molecular flexibility index (Phi) is 3.92. The van der Waals surface area contributed by atoms with Gasteiger partial charge in [-0.1, -0.05) is 36.4 Å². The smallest absolute Gasteiger partial charge is 0.255 e. The molecule has 1 amide bonds. The maximum Gasteiger partial charge on any atom is 0.255 e. The van der Waals surface area contributed by atoms with Gasteiger partial charge in [0.15, 0.2) is 0 Å². The molecule has 0 unspecified atom stereocenters. The van der Waals surface area contributed by atoms with Crippen molar-refractivity contribution < 1.29 is 13.2 Å². The zero-order valence-corrected chi connectivity index (χ0v) is 15.1. The standard InChI is InChI=1S/C20H18N2O3S/c1-26(24,25)22-12-11-15-13-16(9-10-19(15)22)20(23)21-18-8-4-6-14-5-2-3-7-17(14)18/h2-10,13H,11-12H2,1H3,(H,21,23). The van der Waals surface area contributed by atoms with Crippen molar-refractivity contribution in [3.63, 3.8) is 0 Å². The summed E-state index contributed by atoms with van der Waals surface area (Å²) in [6, 6.07) is 18.8. The molecule has 3 aromatic carbocycles. The third-order valence-electron chi connectivity index (χ3n) is 4.63. The summed E-state index contributed by atoms with van der Waals surface area (Å²) < 4.78 is 25.0. The topological polar surface area (TPSA) is 66.5 Å². The Hall–Kier alpha value is -2.86. The number of fused-ring (bicyclic) bond motifs is 2. The van der Waals surface area contributed by atoms with Crippen LogP contribution in [0.5, 0.6) is 0 Å². The SMILES string of the molecule is CS(=O)(=O)N1CCc2cc(C(=O)Nc3cccc4ccccc34)ccc21. The predicted octanol–water partition coefficient (Wildman–Crippen LogP) is 3.41. The number of hydrogen-bond acceptors (Lipinski definition) is 3. The maximum atomic E-state index is 12.7. The van der Waals surface area contributed by atoms with Crippen LogP contribution < -0.4 is 9.62 Å². The second-order valence-corrected chi connectivity index (χ2v) is 8.32. The quantitative estimate of drug-likeness (QED) is 0.772. The van der Waals surface area contributed by atoms with E-state index in [0.29, 0.717) is 24.2 Å². The number of benzene rings is 3. The Bertz CT molecular complexity index is 1120. The van der Waals surface area contributed by atoms with Gasteiger partial charge in [0, 0.05) is 23.2 Å². The largest absolute Gasteiger partial charge is 0.321 e. The van der Waals surface area contributed by atoms with Crippen LogP contribution in [0.4, 0.5) is 11.4 Å². The van der Waals surface area contributed by atoms with Crippen LogP contribution in [0.2, 0.25) is 0 Å². The van der Waals surface area contributed by atoms with Gasteiger partial charge in [-0.2, -0.15) is 0 Å². The number of rotatable bonds is 3. The van der Waals surface area contributed by atoms with Crippen molar-refractivity contribution in [2.75, 3.05) is 22.4 Å². The fraction of sp³-hybridized carbons (Fsp3) is 0.150. The van der Waals surface area contributed by atoms with Crippen molar-refractivity contribution in [3.8, 4) is 0 Å². The molecule has 5 nitrogen and oxygen atoms in total. The van der Waals surface area contributed by atoms with Crippen molar-refractivity contribution in [2.24, 2.45) is 0 Å². The van der Waals surface area contributed by atoms with Crippen molar-refractivity contribution in [1.82, 2.24) is 0 Å². The number of amides is 1. The van der Waals surface area contributed by atoms with E-state index in [1.807, 2.05) is 42.5 Å². The molecule has 0 spiro atoms. The molecule has 6 heteroatoms. The molecule has 0 bridgehead atoms. The van der Waals surface area contributed by atoms with Crippen LogP contribution in [0.25, 0.3) is 10.8 Å². The molecule has 1 aliphatic heterocycles. The summed E-state index contributed by atoms with van der Waals surface area (Å²) in [4.78, 5) is 12.7. The van der Waals surface area contributed by atoms with E-state index in [0.717, 1.165) is 22.0 Å². The van der Waals surface area contributed by atoms with Crippen molar-refractivity contribution >= 4 is 38.1 Å². The molecule has 0 saturated heterocycles. The molecule has 0 aromatic heterocycles. The van der Waals surface area contributed by atoms with Gasteiger partial charge in [-0.15, -0.1) is 0 Å². The minimum atomic E-state index is -3.29. The average molecular weight is 366 g/mol. The van der Waals surface area contributed by atoms with E-state index >= 15 is 0 Å². The van der Waals surface area contributed by atoms with Crippen LogP contribution in [-0.2, 0) is 16.4 Å². The van der Waals surface area contributed by atoms with Crippen LogP contribution in [0.15, 0.2) is 60.7 Å². The highest BCUT2D eigenvalue weighted by Crippen LogP contribution is 2.31. The van der Waals surface area contributed by atoms with Gasteiger partial charge in [0.25, 0.3) is 5.91 Å². The van der Waals surface area contributed by atoms with Gasteiger partial charge >= 0.3 is 0 Å². The molecule has 1 heterocycles. The second kappa shape index (κ2) is 6.14. The molecule has 0 fully saturated rings. The van der Waals surface area contributed by atoms with E-state index in [-0.39, 0.29) is 5.91 Å². The van der Waals surface area contributed by atoms with Gasteiger partial charge in [-0.3, -0.25) is 9.10 Å². The average Bonchev–Trinajstić information content (AvgIpc) is 3.05. The van der Waals surface area contributed by atoms with Crippen molar-refractivity contribution in [2.45, 2.75) is 6.42 Å². The molecule has 0 saturated carbocycles. The highest BCUT2D eigenvalue weighted by atomic mass is 32.2. The zero-order chi connectivity index (χ0) is 18.3. The van der Waals surface area contributed by atoms with E-state index < -0.39 is 10.0 Å². The minimum Gasteiger partial charge on any atom is -0.321 e. The summed E-state index contributed by atoms with van der Waals surface area (Å²) in [6.45, 7) is 0.419. The first-order chi connectivity index (χ1) is 12.4. The van der Waals surface area contributed by atoms with Crippen LogP contribution in [0.1, 0.15) is 15.9 Å². The Balaban J connectivity index is 1.64. The van der Waals surface area contributed by atoms with Gasteiger partial charge in [0.05, 0.1) is 11.9 Å². The lowest BCUT2D eigenvalue weighted by atomic mass is 10.1. The number of hydrogen-bond donors (Lipinski definition) is 1. The predicted molar refractivity (Wildman–Crippen MR) is 104 cm³/mol. The summed E-state index contributed by atoms with van der Waals surface area (Å²) in [6.07, 6.45) is 1.81.